The number of hydrogen-bond donors (Lipinski definition) is 0. The van der Waals surface area contributed by atoms with E-state index >= 15 is 0 Å². The van der Waals surface area contributed by atoms with Gasteiger partial charge in [0, 0.05) is 17.0 Å². The van der Waals surface area contributed by atoms with Gasteiger partial charge in [-0.1, -0.05) is 68.1 Å². The van der Waals surface area contributed by atoms with Crippen LogP contribution in [0, 0.1) is 0 Å². The lowest BCUT2D eigenvalue weighted by Gasteiger charge is -2.39. The molecule has 0 N–H and O–H groups in total. The lowest BCUT2D eigenvalue weighted by atomic mass is 9.68. The molecule has 3 aliphatic carbocycles. The zero-order chi connectivity index (χ0) is 18.4. The average molecular weight is 381 g/mol. The highest BCUT2D eigenvalue weighted by molar-refractivity contribution is 7.98. The van der Waals surface area contributed by atoms with Gasteiger partial charge in [0.2, 0.25) is 0 Å². The van der Waals surface area contributed by atoms with Crippen molar-refractivity contribution in [1.82, 2.24) is 9.55 Å². The first-order valence-corrected chi connectivity index (χ1v) is 11.8. The van der Waals surface area contributed by atoms with E-state index in [1.165, 1.54) is 61.8 Å². The first kappa shape index (κ1) is 17.5. The molecule has 0 saturated heterocycles. The second-order valence-electron chi connectivity index (χ2n) is 8.61. The molecule has 1 aromatic carbocycles. The van der Waals surface area contributed by atoms with Crippen LogP contribution in [-0.4, -0.2) is 15.8 Å². The SMILES string of the molecule is CSc1nc(=O)c2c(n1C1CCCCC1)-c1ccccc1CC21CCCC1. The molecule has 2 saturated carbocycles. The predicted octanol–water partition coefficient (Wildman–Crippen LogP) is 5.51. The largest absolute Gasteiger partial charge is 0.317 e. The molecule has 5 rings (SSSR count). The number of aromatic nitrogens is 2. The smallest absolute Gasteiger partial charge is 0.278 e. The molecule has 3 nitrogen and oxygen atoms in total. The Morgan fingerprint density at radius 3 is 2.56 bits per heavy atom. The highest BCUT2D eigenvalue weighted by Gasteiger charge is 2.45. The number of thioether (sulfide) groups is 1. The predicted molar refractivity (Wildman–Crippen MR) is 112 cm³/mol. The third kappa shape index (κ3) is 2.71. The fourth-order valence-electron chi connectivity index (χ4n) is 5.92. The summed E-state index contributed by atoms with van der Waals surface area (Å²) >= 11 is 1.63. The molecular formula is C23H28N2OS. The third-order valence-corrected chi connectivity index (χ3v) is 7.76. The van der Waals surface area contributed by atoms with Gasteiger partial charge in [0.1, 0.15) is 0 Å². The maximum atomic E-state index is 13.3. The zero-order valence-electron chi connectivity index (χ0n) is 16.2. The van der Waals surface area contributed by atoms with E-state index in [0.29, 0.717) is 6.04 Å². The number of fused-ring (bicyclic) bond motifs is 4. The minimum Gasteiger partial charge on any atom is -0.317 e. The Labute approximate surface area is 165 Å². The summed E-state index contributed by atoms with van der Waals surface area (Å²) in [5, 5.41) is 0.913. The molecule has 0 amide bonds. The molecule has 142 valence electrons. The van der Waals surface area contributed by atoms with E-state index in [1.54, 1.807) is 11.8 Å². The zero-order valence-corrected chi connectivity index (χ0v) is 17.0. The van der Waals surface area contributed by atoms with E-state index in [1.807, 2.05) is 0 Å². The van der Waals surface area contributed by atoms with Gasteiger partial charge in [-0.2, -0.15) is 4.98 Å². The van der Waals surface area contributed by atoms with Crippen molar-refractivity contribution in [2.45, 2.75) is 80.8 Å². The van der Waals surface area contributed by atoms with Crippen molar-refractivity contribution in [2.24, 2.45) is 0 Å². The average Bonchev–Trinajstić information content (AvgIpc) is 3.16. The molecular weight excluding hydrogens is 352 g/mol. The number of hydrogen-bond acceptors (Lipinski definition) is 3. The normalized spacial score (nSPS) is 21.2. The van der Waals surface area contributed by atoms with Crippen molar-refractivity contribution in [2.75, 3.05) is 6.26 Å². The molecule has 27 heavy (non-hydrogen) atoms. The first-order chi connectivity index (χ1) is 13.2. The van der Waals surface area contributed by atoms with Gasteiger partial charge in [-0.25, -0.2) is 0 Å². The molecule has 2 aromatic rings. The highest BCUT2D eigenvalue weighted by atomic mass is 32.2. The van der Waals surface area contributed by atoms with Gasteiger partial charge >= 0.3 is 0 Å². The molecule has 0 bridgehead atoms. The molecule has 3 aliphatic rings. The van der Waals surface area contributed by atoms with Crippen molar-refractivity contribution in [3.05, 3.63) is 45.7 Å². The molecule has 1 spiro atoms. The van der Waals surface area contributed by atoms with E-state index in [2.05, 4.69) is 40.1 Å². The number of rotatable bonds is 2. The Morgan fingerprint density at radius 1 is 1.07 bits per heavy atom. The second kappa shape index (κ2) is 6.80. The van der Waals surface area contributed by atoms with E-state index in [0.717, 1.165) is 30.0 Å². The molecule has 0 atom stereocenters. The lowest BCUT2D eigenvalue weighted by molar-refractivity contribution is 0.325. The third-order valence-electron chi connectivity index (χ3n) is 7.11. The maximum absolute atomic E-state index is 13.3. The highest BCUT2D eigenvalue weighted by Crippen LogP contribution is 2.51. The van der Waals surface area contributed by atoms with Gasteiger partial charge in [-0.05, 0) is 43.9 Å². The van der Waals surface area contributed by atoms with Gasteiger partial charge in [0.05, 0.1) is 11.3 Å². The molecule has 0 radical (unpaired) electrons. The van der Waals surface area contributed by atoms with Crippen molar-refractivity contribution < 1.29 is 0 Å². The second-order valence-corrected chi connectivity index (χ2v) is 9.38. The standard InChI is InChI=1S/C23H28N2OS/c1-27-22-24-21(26)19-20(25(22)17-10-3-2-4-11-17)18-12-6-5-9-16(18)15-23(19)13-7-8-14-23/h5-6,9,12,17H,2-4,7-8,10-11,13-15H2,1H3. The Hall–Kier alpha value is -1.55. The molecule has 1 heterocycles. The summed E-state index contributed by atoms with van der Waals surface area (Å²) in [6.45, 7) is 0. The van der Waals surface area contributed by atoms with Gasteiger partial charge in [0.15, 0.2) is 5.16 Å². The lowest BCUT2D eigenvalue weighted by Crippen LogP contribution is -2.39. The van der Waals surface area contributed by atoms with Crippen LogP contribution in [0.4, 0.5) is 0 Å². The topological polar surface area (TPSA) is 34.9 Å². The molecule has 0 unspecified atom stereocenters. The van der Waals surface area contributed by atoms with Crippen LogP contribution in [0.1, 0.15) is 75.0 Å². The monoisotopic (exact) mass is 380 g/mol. The molecule has 1 aromatic heterocycles. The van der Waals surface area contributed by atoms with Crippen LogP contribution >= 0.6 is 11.8 Å². The van der Waals surface area contributed by atoms with Crippen LogP contribution in [0.25, 0.3) is 11.3 Å². The van der Waals surface area contributed by atoms with Crippen LogP contribution in [0.3, 0.4) is 0 Å². The van der Waals surface area contributed by atoms with Crippen LogP contribution in [0.2, 0.25) is 0 Å². The molecule has 4 heteroatoms. The Kier molecular flexibility index (Phi) is 4.42. The summed E-state index contributed by atoms with van der Waals surface area (Å²) in [6.07, 6.45) is 14.1. The van der Waals surface area contributed by atoms with Crippen LogP contribution in [0.5, 0.6) is 0 Å². The summed E-state index contributed by atoms with van der Waals surface area (Å²) in [6, 6.07) is 9.29. The van der Waals surface area contributed by atoms with Crippen LogP contribution in [-0.2, 0) is 11.8 Å². The van der Waals surface area contributed by atoms with Gasteiger partial charge in [0.25, 0.3) is 5.56 Å². The Morgan fingerprint density at radius 2 is 1.81 bits per heavy atom. The van der Waals surface area contributed by atoms with Crippen molar-refractivity contribution in [3.8, 4) is 11.3 Å². The van der Waals surface area contributed by atoms with Gasteiger partial charge in [-0.15, -0.1) is 0 Å². The van der Waals surface area contributed by atoms with E-state index < -0.39 is 0 Å². The fraction of sp³-hybridized carbons (Fsp3) is 0.565. The summed E-state index contributed by atoms with van der Waals surface area (Å²) in [5.74, 6) is 0. The minimum atomic E-state index is 0.0150. The van der Waals surface area contributed by atoms with E-state index in [-0.39, 0.29) is 11.0 Å². The number of benzene rings is 1. The molecule has 2 fully saturated rings. The van der Waals surface area contributed by atoms with E-state index in [9.17, 15) is 4.79 Å². The molecule has 0 aliphatic heterocycles. The maximum Gasteiger partial charge on any atom is 0.278 e. The Balaban J connectivity index is 1.84. The van der Waals surface area contributed by atoms with Crippen LogP contribution in [0.15, 0.2) is 34.2 Å². The first-order valence-electron chi connectivity index (χ1n) is 10.5. The summed E-state index contributed by atoms with van der Waals surface area (Å²) in [5.41, 5.74) is 5.02. The quantitative estimate of drug-likeness (QED) is 0.509. The Bertz CT molecular complexity index is 920. The summed E-state index contributed by atoms with van der Waals surface area (Å²) in [7, 11) is 0. The summed E-state index contributed by atoms with van der Waals surface area (Å²) < 4.78 is 2.48. The van der Waals surface area contributed by atoms with Crippen LogP contribution < -0.4 is 5.56 Å². The van der Waals surface area contributed by atoms with Crippen molar-refractivity contribution in [3.63, 3.8) is 0 Å². The van der Waals surface area contributed by atoms with Gasteiger partial charge in [-0.3, -0.25) is 4.79 Å². The van der Waals surface area contributed by atoms with Crippen molar-refractivity contribution >= 4 is 11.8 Å². The van der Waals surface area contributed by atoms with Gasteiger partial charge < -0.3 is 4.57 Å². The summed E-state index contributed by atoms with van der Waals surface area (Å²) in [4.78, 5) is 18.0. The van der Waals surface area contributed by atoms with Crippen molar-refractivity contribution in [1.29, 1.82) is 0 Å². The fourth-order valence-corrected chi connectivity index (χ4v) is 6.53. The minimum absolute atomic E-state index is 0.0150. The van der Waals surface area contributed by atoms with E-state index in [4.69, 9.17) is 0 Å². The number of nitrogens with zero attached hydrogens (tertiary/aromatic N) is 2.